The van der Waals surface area contributed by atoms with Crippen LogP contribution in [-0.2, 0) is 4.74 Å². The third-order valence-electron chi connectivity index (χ3n) is 1.47. The molecule has 2 nitrogen and oxygen atoms in total. The van der Waals surface area contributed by atoms with Crippen molar-refractivity contribution in [1.29, 1.82) is 0 Å². The van der Waals surface area contributed by atoms with E-state index in [1.807, 2.05) is 6.92 Å². The van der Waals surface area contributed by atoms with Crippen LogP contribution in [0.4, 0.5) is 4.39 Å². The molecule has 70 valence electrons. The van der Waals surface area contributed by atoms with Crippen molar-refractivity contribution in [2.45, 2.75) is 19.4 Å². The van der Waals surface area contributed by atoms with Gasteiger partial charge in [-0.05, 0) is 18.9 Å². The summed E-state index contributed by atoms with van der Waals surface area (Å²) >= 11 is 0. The van der Waals surface area contributed by atoms with Crippen molar-refractivity contribution in [2.24, 2.45) is 5.73 Å². The summed E-state index contributed by atoms with van der Waals surface area (Å²) in [4.78, 5) is 0. The summed E-state index contributed by atoms with van der Waals surface area (Å²) in [6.45, 7) is 5.96. The van der Waals surface area contributed by atoms with Crippen molar-refractivity contribution in [3.63, 3.8) is 0 Å². The first-order valence-corrected chi connectivity index (χ1v) is 3.95. The lowest BCUT2D eigenvalue weighted by Crippen LogP contribution is -2.14. The molecule has 0 aromatic heterocycles. The summed E-state index contributed by atoms with van der Waals surface area (Å²) < 4.78 is 17.2. The summed E-state index contributed by atoms with van der Waals surface area (Å²) in [5.41, 5.74) is 5.71. The third kappa shape index (κ3) is 5.04. The zero-order valence-electron chi connectivity index (χ0n) is 7.42. The largest absolute Gasteiger partial charge is 0.374 e. The van der Waals surface area contributed by atoms with E-state index >= 15 is 0 Å². The molecule has 0 saturated heterocycles. The third-order valence-corrected chi connectivity index (χ3v) is 1.47. The number of rotatable bonds is 6. The number of hydrogen-bond donors (Lipinski definition) is 1. The van der Waals surface area contributed by atoms with Crippen LogP contribution in [0, 0.1) is 0 Å². The van der Waals surface area contributed by atoms with Crippen LogP contribution in [0.15, 0.2) is 24.6 Å². The average molecular weight is 173 g/mol. The minimum absolute atomic E-state index is 0.0731. The van der Waals surface area contributed by atoms with Crippen LogP contribution in [0.3, 0.4) is 0 Å². The zero-order chi connectivity index (χ0) is 9.40. The predicted molar refractivity (Wildman–Crippen MR) is 48.5 cm³/mol. The summed E-state index contributed by atoms with van der Waals surface area (Å²) in [5, 5.41) is 0. The van der Waals surface area contributed by atoms with Gasteiger partial charge in [-0.15, -0.1) is 6.58 Å². The minimum Gasteiger partial charge on any atom is -0.374 e. The maximum Gasteiger partial charge on any atom is 0.0894 e. The molecule has 0 aliphatic rings. The van der Waals surface area contributed by atoms with Crippen molar-refractivity contribution in [3.8, 4) is 0 Å². The fourth-order valence-electron chi connectivity index (χ4n) is 0.687. The molecular formula is C9H16FNO. The highest BCUT2D eigenvalue weighted by molar-refractivity contribution is 4.99. The van der Waals surface area contributed by atoms with Gasteiger partial charge in [-0.3, -0.25) is 0 Å². The van der Waals surface area contributed by atoms with Crippen LogP contribution in [0.2, 0.25) is 0 Å². The van der Waals surface area contributed by atoms with Crippen molar-refractivity contribution in [1.82, 2.24) is 0 Å². The SMILES string of the molecule is C=CCC(C)OC/C(=C/F)CN. The van der Waals surface area contributed by atoms with Crippen LogP contribution in [0.25, 0.3) is 0 Å². The van der Waals surface area contributed by atoms with E-state index in [1.165, 1.54) is 0 Å². The molecule has 0 aromatic carbocycles. The summed E-state index contributed by atoms with van der Waals surface area (Å²) in [6.07, 6.45) is 3.11. The van der Waals surface area contributed by atoms with Crippen LogP contribution >= 0.6 is 0 Å². The van der Waals surface area contributed by atoms with Gasteiger partial charge in [0, 0.05) is 6.54 Å². The second-order valence-corrected chi connectivity index (χ2v) is 2.62. The molecule has 0 aromatic rings. The van der Waals surface area contributed by atoms with E-state index in [0.717, 1.165) is 6.42 Å². The number of halogens is 1. The van der Waals surface area contributed by atoms with Crippen molar-refractivity contribution >= 4 is 0 Å². The smallest absolute Gasteiger partial charge is 0.0894 e. The maximum absolute atomic E-state index is 12.0. The van der Waals surface area contributed by atoms with Crippen LogP contribution < -0.4 is 5.73 Å². The molecule has 3 heteroatoms. The fourth-order valence-corrected chi connectivity index (χ4v) is 0.687. The van der Waals surface area contributed by atoms with Gasteiger partial charge in [-0.1, -0.05) is 6.08 Å². The zero-order valence-corrected chi connectivity index (χ0v) is 7.42. The van der Waals surface area contributed by atoms with Gasteiger partial charge in [-0.25, -0.2) is 4.39 Å². The summed E-state index contributed by atoms with van der Waals surface area (Å²) in [5.74, 6) is 0. The number of hydrogen-bond acceptors (Lipinski definition) is 2. The molecule has 0 spiro atoms. The summed E-state index contributed by atoms with van der Waals surface area (Å²) in [7, 11) is 0. The summed E-state index contributed by atoms with van der Waals surface area (Å²) in [6, 6.07) is 0. The second-order valence-electron chi connectivity index (χ2n) is 2.62. The minimum atomic E-state index is 0.0731. The van der Waals surface area contributed by atoms with Gasteiger partial charge < -0.3 is 10.5 Å². The second kappa shape index (κ2) is 7.00. The monoisotopic (exact) mass is 173 g/mol. The molecule has 0 radical (unpaired) electrons. The maximum atomic E-state index is 12.0. The molecule has 2 N–H and O–H groups in total. The normalized spacial score (nSPS) is 14.4. The Hall–Kier alpha value is -0.670. The first-order valence-electron chi connectivity index (χ1n) is 3.95. The first-order chi connectivity index (χ1) is 5.74. The molecule has 0 amide bonds. The van der Waals surface area contributed by atoms with Gasteiger partial charge >= 0.3 is 0 Å². The quantitative estimate of drug-likeness (QED) is 0.621. The Morgan fingerprint density at radius 3 is 2.83 bits per heavy atom. The lowest BCUT2D eigenvalue weighted by molar-refractivity contribution is 0.0847. The average Bonchev–Trinajstić information content (AvgIpc) is 2.07. The molecule has 12 heavy (non-hydrogen) atoms. The molecule has 0 heterocycles. The Kier molecular flexibility index (Phi) is 6.61. The highest BCUT2D eigenvalue weighted by Gasteiger charge is 2.00. The fraction of sp³-hybridized carbons (Fsp3) is 0.556. The molecule has 1 atom stereocenters. The van der Waals surface area contributed by atoms with Gasteiger partial charge in [0.1, 0.15) is 0 Å². The van der Waals surface area contributed by atoms with E-state index in [2.05, 4.69) is 6.58 Å². The highest BCUT2D eigenvalue weighted by atomic mass is 19.1. The Morgan fingerprint density at radius 1 is 1.75 bits per heavy atom. The van der Waals surface area contributed by atoms with E-state index in [9.17, 15) is 4.39 Å². The topological polar surface area (TPSA) is 35.2 Å². The first kappa shape index (κ1) is 11.3. The van der Waals surface area contributed by atoms with Gasteiger partial charge in [0.05, 0.1) is 19.0 Å². The van der Waals surface area contributed by atoms with Gasteiger partial charge in [0.2, 0.25) is 0 Å². The molecule has 0 fully saturated rings. The van der Waals surface area contributed by atoms with E-state index in [1.54, 1.807) is 6.08 Å². The highest BCUT2D eigenvalue weighted by Crippen LogP contribution is 2.01. The van der Waals surface area contributed by atoms with E-state index < -0.39 is 0 Å². The molecule has 1 unspecified atom stereocenters. The van der Waals surface area contributed by atoms with Gasteiger partial charge in [0.15, 0.2) is 0 Å². The Bertz CT molecular complexity index is 157. The molecule has 0 rings (SSSR count). The lowest BCUT2D eigenvalue weighted by Gasteiger charge is -2.10. The Balaban J connectivity index is 3.58. The Labute approximate surface area is 72.9 Å². The molecule has 0 bridgehead atoms. The number of ether oxygens (including phenoxy) is 1. The molecule has 0 saturated carbocycles. The van der Waals surface area contributed by atoms with Gasteiger partial charge in [-0.2, -0.15) is 0 Å². The number of nitrogens with two attached hydrogens (primary N) is 1. The van der Waals surface area contributed by atoms with Crippen LogP contribution in [-0.4, -0.2) is 19.3 Å². The van der Waals surface area contributed by atoms with Crippen molar-refractivity contribution in [3.05, 3.63) is 24.6 Å². The van der Waals surface area contributed by atoms with Crippen molar-refractivity contribution in [2.75, 3.05) is 13.2 Å². The molecule has 0 aliphatic carbocycles. The Morgan fingerprint density at radius 2 is 2.42 bits per heavy atom. The van der Waals surface area contributed by atoms with Crippen molar-refractivity contribution < 1.29 is 9.13 Å². The molecular weight excluding hydrogens is 157 g/mol. The van der Waals surface area contributed by atoms with Gasteiger partial charge in [0.25, 0.3) is 0 Å². The lowest BCUT2D eigenvalue weighted by atomic mass is 10.3. The standard InChI is InChI=1S/C9H16FNO/c1-3-4-8(2)12-7-9(5-10)6-11/h3,5,8H,1,4,6-7,11H2,2H3/b9-5+. The molecule has 0 aliphatic heterocycles. The van der Waals surface area contributed by atoms with Crippen LogP contribution in [0.1, 0.15) is 13.3 Å². The van der Waals surface area contributed by atoms with E-state index in [-0.39, 0.29) is 19.3 Å². The van der Waals surface area contributed by atoms with Crippen LogP contribution in [0.5, 0.6) is 0 Å². The predicted octanol–water partition coefficient (Wildman–Crippen LogP) is 1.78. The van der Waals surface area contributed by atoms with E-state index in [4.69, 9.17) is 10.5 Å². The van der Waals surface area contributed by atoms with E-state index in [0.29, 0.717) is 11.9 Å².